The summed E-state index contributed by atoms with van der Waals surface area (Å²) in [5, 5.41) is 0. The van der Waals surface area contributed by atoms with Gasteiger partial charge in [0, 0.05) is 17.9 Å². The van der Waals surface area contributed by atoms with Gasteiger partial charge in [0.2, 0.25) is 0 Å². The highest BCUT2D eigenvalue weighted by atomic mass is 16.2. The zero-order valence-corrected chi connectivity index (χ0v) is 11.2. The number of hydrogen-bond acceptors (Lipinski definition) is 2. The highest BCUT2D eigenvalue weighted by Crippen LogP contribution is 3.03. The van der Waals surface area contributed by atoms with E-state index in [1.165, 1.54) is 4.57 Å². The first-order valence-electron chi connectivity index (χ1n) is 7.73. The Labute approximate surface area is 114 Å². The van der Waals surface area contributed by atoms with Crippen molar-refractivity contribution < 1.29 is 0 Å². The van der Waals surface area contributed by atoms with Gasteiger partial charge in [0.25, 0.3) is 0 Å². The van der Waals surface area contributed by atoms with Gasteiger partial charge < -0.3 is 0 Å². The summed E-state index contributed by atoms with van der Waals surface area (Å²) in [6.45, 7) is 0. The Hall–Kier alpha value is -1.52. The topological polar surface area (TPSA) is 48.9 Å². The molecule has 0 amide bonds. The molecule has 5 nitrogen and oxygen atoms in total. The van der Waals surface area contributed by atoms with E-state index >= 15 is 0 Å². The lowest BCUT2D eigenvalue weighted by molar-refractivity contribution is -0.551. The minimum Gasteiger partial charge on any atom is -0.246 e. The van der Waals surface area contributed by atoms with Crippen LogP contribution in [-0.2, 0) is 7.05 Å². The average molecular weight is 269 g/mol. The Morgan fingerprint density at radius 2 is 1.40 bits per heavy atom. The molecule has 5 aliphatic carbocycles. The van der Waals surface area contributed by atoms with Crippen LogP contribution in [0.4, 0.5) is 0 Å². The summed E-state index contributed by atoms with van der Waals surface area (Å²) >= 11 is 0. The quantitative estimate of drug-likeness (QED) is 0.635. The van der Waals surface area contributed by atoms with Crippen LogP contribution >= 0.6 is 0 Å². The van der Waals surface area contributed by atoms with Crippen molar-refractivity contribution in [3.05, 3.63) is 33.1 Å². The van der Waals surface area contributed by atoms with Gasteiger partial charge in [-0.2, -0.15) is 0 Å². The molecule has 20 heavy (non-hydrogen) atoms. The fraction of sp³-hybridized carbons (Fsp3) is 0.733. The van der Waals surface area contributed by atoms with Gasteiger partial charge in [0.15, 0.2) is 0 Å². The van der Waals surface area contributed by atoms with E-state index < -0.39 is 0 Å². The molecule has 2 bridgehead atoms. The Morgan fingerprint density at radius 3 is 1.85 bits per heavy atom. The molecule has 4 fully saturated rings. The first-order chi connectivity index (χ1) is 9.68. The summed E-state index contributed by atoms with van der Waals surface area (Å²) < 4.78 is 5.03. The number of aromatic nitrogens is 3. The van der Waals surface area contributed by atoms with Crippen molar-refractivity contribution in [3.63, 3.8) is 0 Å². The zero-order valence-electron chi connectivity index (χ0n) is 11.2. The predicted octanol–water partition coefficient (Wildman–Crippen LogP) is 0.286. The van der Waals surface area contributed by atoms with E-state index in [2.05, 4.69) is 12.2 Å². The standard InChI is InChI=1S/C15H15N3O2/c1-16-12(19)17-10-6-7-9-8(6)14(10)4-2-3-5-15(9,14)11(7)18(17)13(16)20/h2-3,6-11H,4-5H2,1H3/t6-,7-,8-,9+,10+,11+,14+,15-/m0/s1. The third-order valence-electron chi connectivity index (χ3n) is 8.30. The summed E-state index contributed by atoms with van der Waals surface area (Å²) in [6.07, 6.45) is 6.92. The van der Waals surface area contributed by atoms with Crippen LogP contribution < -0.4 is 11.4 Å². The molecule has 3 heterocycles. The van der Waals surface area contributed by atoms with Gasteiger partial charge in [-0.15, -0.1) is 0 Å². The van der Waals surface area contributed by atoms with Gasteiger partial charge in [0.05, 0.1) is 12.1 Å². The molecule has 1 aromatic heterocycles. The van der Waals surface area contributed by atoms with E-state index in [9.17, 15) is 9.59 Å². The third kappa shape index (κ3) is 0.462. The van der Waals surface area contributed by atoms with E-state index in [4.69, 9.17) is 0 Å². The molecule has 102 valence electrons. The second-order valence-electron chi connectivity index (χ2n) is 7.87. The smallest absolute Gasteiger partial charge is 0.246 e. The molecule has 2 spiro atoms. The minimum absolute atomic E-state index is 0.0882. The number of allylic oxidation sites excluding steroid dienone is 2. The molecule has 8 atom stereocenters. The average Bonchev–Trinajstić information content (AvgIpc) is 2.64. The van der Waals surface area contributed by atoms with E-state index in [1.807, 2.05) is 9.36 Å². The Morgan fingerprint density at radius 1 is 0.950 bits per heavy atom. The maximum atomic E-state index is 12.5. The fourth-order valence-corrected chi connectivity index (χ4v) is 8.17. The van der Waals surface area contributed by atoms with Gasteiger partial charge in [-0.3, -0.25) is 0 Å². The van der Waals surface area contributed by atoms with E-state index in [0.29, 0.717) is 34.7 Å². The fourth-order valence-electron chi connectivity index (χ4n) is 8.17. The molecule has 0 aromatic carbocycles. The normalized spacial score (nSPS) is 60.5. The third-order valence-corrected chi connectivity index (χ3v) is 8.30. The molecule has 0 N–H and O–H groups in total. The van der Waals surface area contributed by atoms with Crippen LogP contribution in [0.5, 0.6) is 0 Å². The monoisotopic (exact) mass is 269 g/mol. The lowest BCUT2D eigenvalue weighted by Crippen LogP contribution is -3.00. The van der Waals surface area contributed by atoms with Gasteiger partial charge in [-0.25, -0.2) is 23.5 Å². The molecular formula is C15H15N3O2. The van der Waals surface area contributed by atoms with E-state index in [-0.39, 0.29) is 11.4 Å². The Bertz CT molecular complexity index is 818. The van der Waals surface area contributed by atoms with Crippen LogP contribution in [-0.4, -0.2) is 13.9 Å². The molecule has 7 aliphatic rings. The maximum Gasteiger partial charge on any atom is 0.347 e. The zero-order chi connectivity index (χ0) is 13.2. The van der Waals surface area contributed by atoms with Crippen molar-refractivity contribution >= 4 is 0 Å². The molecule has 1 aromatic rings. The molecule has 2 aliphatic heterocycles. The highest BCUT2D eigenvalue weighted by molar-refractivity contribution is 5.50. The van der Waals surface area contributed by atoms with Crippen LogP contribution in [0.3, 0.4) is 0 Å². The summed E-state index contributed by atoms with van der Waals surface area (Å²) in [5.74, 6) is 3.15. The van der Waals surface area contributed by atoms with E-state index in [0.717, 1.165) is 24.7 Å². The van der Waals surface area contributed by atoms with Crippen LogP contribution in [0.25, 0.3) is 0 Å². The summed E-state index contributed by atoms with van der Waals surface area (Å²) in [7, 11) is 1.63. The molecular weight excluding hydrogens is 254 g/mol. The molecule has 0 radical (unpaired) electrons. The highest BCUT2D eigenvalue weighted by Gasteiger charge is 3.02. The van der Waals surface area contributed by atoms with E-state index in [1.54, 1.807) is 7.05 Å². The molecule has 8 rings (SSSR count). The van der Waals surface area contributed by atoms with Crippen molar-refractivity contribution in [1.82, 2.24) is 13.9 Å². The molecule has 0 unspecified atom stereocenters. The summed E-state index contributed by atoms with van der Waals surface area (Å²) in [6, 6.07) is 0.637. The van der Waals surface area contributed by atoms with Gasteiger partial charge in [-0.1, -0.05) is 12.2 Å². The SMILES string of the molecule is Cn1c(=O)n2n(c1=O)[C@@H]1[C@H]3[C@H]4[C@@H]5[C@H]3[C@]13CC=CC[C@@]53[C@@H]42. The van der Waals surface area contributed by atoms with Gasteiger partial charge in [0.1, 0.15) is 0 Å². The van der Waals surface area contributed by atoms with Crippen molar-refractivity contribution in [3.8, 4) is 0 Å². The van der Waals surface area contributed by atoms with Crippen molar-refractivity contribution in [2.24, 2.45) is 41.5 Å². The molecule has 4 saturated carbocycles. The Kier molecular flexibility index (Phi) is 0.992. The second-order valence-corrected chi connectivity index (χ2v) is 7.87. The Balaban J connectivity index is 1.67. The van der Waals surface area contributed by atoms with Crippen molar-refractivity contribution in [1.29, 1.82) is 0 Å². The first kappa shape index (κ1) is 9.42. The largest absolute Gasteiger partial charge is 0.347 e. The van der Waals surface area contributed by atoms with Crippen LogP contribution in [0, 0.1) is 34.5 Å². The summed E-state index contributed by atoms with van der Waals surface area (Å²) in [4.78, 5) is 25.0. The van der Waals surface area contributed by atoms with Gasteiger partial charge >= 0.3 is 11.4 Å². The van der Waals surface area contributed by atoms with Crippen LogP contribution in [0.2, 0.25) is 0 Å². The number of rotatable bonds is 0. The van der Waals surface area contributed by atoms with Crippen molar-refractivity contribution in [2.45, 2.75) is 24.9 Å². The van der Waals surface area contributed by atoms with Crippen LogP contribution in [0.15, 0.2) is 21.7 Å². The lowest BCUT2D eigenvalue weighted by atomic mass is 9.04. The maximum absolute atomic E-state index is 12.5. The minimum atomic E-state index is -0.0882. The number of hydrogen-bond donors (Lipinski definition) is 0. The van der Waals surface area contributed by atoms with Crippen LogP contribution in [0.1, 0.15) is 24.9 Å². The first-order valence-corrected chi connectivity index (χ1v) is 7.73. The predicted molar refractivity (Wildman–Crippen MR) is 69.2 cm³/mol. The van der Waals surface area contributed by atoms with Crippen molar-refractivity contribution in [2.75, 3.05) is 0 Å². The molecule has 0 saturated heterocycles. The number of nitrogens with zero attached hydrogens (tertiary/aromatic N) is 3. The molecule has 5 heteroatoms. The second kappa shape index (κ2) is 2.11. The summed E-state index contributed by atoms with van der Waals surface area (Å²) in [5.41, 5.74) is 0.506. The van der Waals surface area contributed by atoms with Gasteiger partial charge in [-0.05, 0) is 36.5 Å². The lowest BCUT2D eigenvalue weighted by Gasteiger charge is -3.01.